The lowest BCUT2D eigenvalue weighted by atomic mass is 10.0. The zero-order valence-corrected chi connectivity index (χ0v) is 23.5. The topological polar surface area (TPSA) is 136 Å². The first-order chi connectivity index (χ1) is 20.0. The second-order valence-electron chi connectivity index (χ2n) is 10.3. The average molecular weight is 563 g/mol. The predicted molar refractivity (Wildman–Crippen MR) is 150 cm³/mol. The molecule has 1 aromatic carbocycles. The molecule has 0 radical (unpaired) electrons. The summed E-state index contributed by atoms with van der Waals surface area (Å²) in [6, 6.07) is 3.25. The number of nitrogens with one attached hydrogen (secondary N) is 2. The highest BCUT2D eigenvalue weighted by Crippen LogP contribution is 2.39. The normalized spacial score (nSPS) is 18.2. The number of methoxy groups -OCH3 is 3. The second kappa shape index (κ2) is 11.1. The van der Waals surface area contributed by atoms with Crippen LogP contribution in [-0.4, -0.2) is 83.2 Å². The van der Waals surface area contributed by atoms with E-state index in [-0.39, 0.29) is 11.8 Å². The maximum absolute atomic E-state index is 13.1. The average Bonchev–Trinajstić information content (AvgIpc) is 3.78. The maximum Gasteiger partial charge on any atom is 0.245 e. The summed E-state index contributed by atoms with van der Waals surface area (Å²) in [4.78, 5) is 43.2. The summed E-state index contributed by atoms with van der Waals surface area (Å²) in [6.07, 6.45) is 7.27. The van der Waals surface area contributed by atoms with Crippen LogP contribution in [0.5, 0.6) is 17.2 Å². The van der Waals surface area contributed by atoms with Crippen LogP contribution < -0.4 is 29.7 Å². The number of fused-ring (bicyclic) bond motifs is 1. The first-order valence-corrected chi connectivity index (χ1v) is 13.8. The molecule has 0 saturated carbocycles. The Bertz CT molecular complexity index is 1440. The molecule has 0 aliphatic carbocycles. The summed E-state index contributed by atoms with van der Waals surface area (Å²) >= 11 is 0. The Kier molecular flexibility index (Phi) is 7.25. The summed E-state index contributed by atoms with van der Waals surface area (Å²) in [5.41, 5.74) is 2.68. The molecule has 2 N–H and O–H groups in total. The van der Waals surface area contributed by atoms with Gasteiger partial charge in [0.25, 0.3) is 0 Å². The summed E-state index contributed by atoms with van der Waals surface area (Å²) < 4.78 is 18.3. The molecule has 0 bridgehead atoms. The maximum atomic E-state index is 13.1. The van der Waals surface area contributed by atoms with Gasteiger partial charge in [-0.25, -0.2) is 9.97 Å². The number of aromatic nitrogens is 4. The molecule has 0 spiro atoms. The highest BCUT2D eigenvalue weighted by atomic mass is 16.5. The molecule has 2 saturated heterocycles. The van der Waals surface area contributed by atoms with Crippen LogP contribution >= 0.6 is 0 Å². The number of imidazole rings is 1. The third-order valence-corrected chi connectivity index (χ3v) is 7.82. The van der Waals surface area contributed by atoms with Crippen molar-refractivity contribution in [2.45, 2.75) is 44.7 Å². The highest BCUT2D eigenvalue weighted by molar-refractivity contribution is 5.91. The van der Waals surface area contributed by atoms with Crippen molar-refractivity contribution >= 4 is 29.4 Å². The molecule has 6 rings (SSSR count). The van der Waals surface area contributed by atoms with E-state index in [2.05, 4.69) is 20.5 Å². The minimum atomic E-state index is -0.443. The van der Waals surface area contributed by atoms with E-state index in [1.165, 1.54) is 0 Å². The SMILES string of the molecule is COc1cc(-n2cnc(Nc3nc4c(c(N5CCCC5)n3)CN(C(=O)[C@@H]3CCC(=O)N3)CC4)c2)cc(OC)c1OC. The lowest BCUT2D eigenvalue weighted by molar-refractivity contribution is -0.135. The van der Waals surface area contributed by atoms with Crippen LogP contribution in [0.25, 0.3) is 5.69 Å². The third kappa shape index (κ3) is 5.19. The first kappa shape index (κ1) is 26.7. The molecule has 5 heterocycles. The van der Waals surface area contributed by atoms with Crippen molar-refractivity contribution in [3.8, 4) is 22.9 Å². The number of nitrogens with zero attached hydrogens (tertiary/aromatic N) is 6. The molecule has 3 aliphatic rings. The van der Waals surface area contributed by atoms with Gasteiger partial charge in [-0.15, -0.1) is 0 Å². The molecule has 13 heteroatoms. The number of carbonyl (C=O) groups excluding carboxylic acids is 2. The van der Waals surface area contributed by atoms with Gasteiger partial charge >= 0.3 is 0 Å². The van der Waals surface area contributed by atoms with Crippen LogP contribution in [0.4, 0.5) is 17.6 Å². The summed E-state index contributed by atoms with van der Waals surface area (Å²) in [7, 11) is 4.72. The van der Waals surface area contributed by atoms with Gasteiger partial charge in [-0.2, -0.15) is 4.98 Å². The molecule has 1 atom stereocenters. The number of ether oxygens (including phenoxy) is 3. The van der Waals surface area contributed by atoms with Crippen LogP contribution in [0.2, 0.25) is 0 Å². The van der Waals surface area contributed by atoms with Crippen LogP contribution in [0.1, 0.15) is 36.9 Å². The molecule has 3 aromatic rings. The Labute approximate surface area is 237 Å². The van der Waals surface area contributed by atoms with E-state index in [1.807, 2.05) is 27.8 Å². The molecule has 13 nitrogen and oxygen atoms in total. The minimum Gasteiger partial charge on any atom is -0.493 e. The van der Waals surface area contributed by atoms with Crippen LogP contribution in [0.3, 0.4) is 0 Å². The van der Waals surface area contributed by atoms with E-state index in [0.717, 1.165) is 48.7 Å². The fraction of sp³-hybridized carbons (Fsp3) is 0.464. The van der Waals surface area contributed by atoms with Gasteiger partial charge < -0.3 is 39.2 Å². The molecule has 41 heavy (non-hydrogen) atoms. The van der Waals surface area contributed by atoms with E-state index >= 15 is 0 Å². The molecule has 216 valence electrons. The lowest BCUT2D eigenvalue weighted by Gasteiger charge is -2.33. The van der Waals surface area contributed by atoms with Gasteiger partial charge in [0.1, 0.15) is 18.2 Å². The smallest absolute Gasteiger partial charge is 0.245 e. The summed E-state index contributed by atoms with van der Waals surface area (Å²) in [5.74, 6) is 3.40. The van der Waals surface area contributed by atoms with Gasteiger partial charge in [0.2, 0.25) is 23.5 Å². The zero-order valence-electron chi connectivity index (χ0n) is 23.5. The van der Waals surface area contributed by atoms with E-state index in [1.54, 1.807) is 27.7 Å². The van der Waals surface area contributed by atoms with Gasteiger partial charge in [0, 0.05) is 50.2 Å². The molecule has 2 amide bonds. The minimum absolute atomic E-state index is 0.0339. The second-order valence-corrected chi connectivity index (χ2v) is 10.3. The predicted octanol–water partition coefficient (Wildman–Crippen LogP) is 2.20. The summed E-state index contributed by atoms with van der Waals surface area (Å²) in [6.45, 7) is 2.79. The van der Waals surface area contributed by atoms with Crippen molar-refractivity contribution in [2.24, 2.45) is 0 Å². The van der Waals surface area contributed by atoms with Crippen molar-refractivity contribution in [1.29, 1.82) is 0 Å². The Morgan fingerprint density at radius 2 is 1.78 bits per heavy atom. The van der Waals surface area contributed by atoms with E-state index in [0.29, 0.717) is 61.4 Å². The van der Waals surface area contributed by atoms with Crippen molar-refractivity contribution in [3.63, 3.8) is 0 Å². The van der Waals surface area contributed by atoms with Crippen LogP contribution in [-0.2, 0) is 22.6 Å². The van der Waals surface area contributed by atoms with Crippen molar-refractivity contribution < 1.29 is 23.8 Å². The Morgan fingerprint density at radius 3 is 2.44 bits per heavy atom. The third-order valence-electron chi connectivity index (χ3n) is 7.82. The Hall–Kier alpha value is -4.55. The monoisotopic (exact) mass is 562 g/mol. The van der Waals surface area contributed by atoms with Crippen molar-refractivity contribution in [2.75, 3.05) is 51.2 Å². The van der Waals surface area contributed by atoms with Gasteiger partial charge in [-0.05, 0) is 19.3 Å². The van der Waals surface area contributed by atoms with E-state index in [9.17, 15) is 9.59 Å². The van der Waals surface area contributed by atoms with Crippen LogP contribution in [0.15, 0.2) is 24.7 Å². The number of benzene rings is 1. The molecule has 3 aliphatic heterocycles. The molecule has 2 aromatic heterocycles. The van der Waals surface area contributed by atoms with Crippen molar-refractivity contribution in [3.05, 3.63) is 35.9 Å². The lowest BCUT2D eigenvalue weighted by Crippen LogP contribution is -2.46. The van der Waals surface area contributed by atoms with Gasteiger partial charge in [-0.1, -0.05) is 0 Å². The molecule has 2 fully saturated rings. The number of anilines is 3. The largest absolute Gasteiger partial charge is 0.493 e. The van der Waals surface area contributed by atoms with Gasteiger partial charge in [0.05, 0.1) is 45.5 Å². The van der Waals surface area contributed by atoms with Gasteiger partial charge in [0.15, 0.2) is 17.3 Å². The first-order valence-electron chi connectivity index (χ1n) is 13.8. The summed E-state index contributed by atoms with van der Waals surface area (Å²) in [5, 5.41) is 6.08. The van der Waals surface area contributed by atoms with Crippen LogP contribution in [0, 0.1) is 0 Å². The van der Waals surface area contributed by atoms with E-state index < -0.39 is 6.04 Å². The number of hydrogen-bond donors (Lipinski definition) is 2. The fourth-order valence-corrected chi connectivity index (χ4v) is 5.71. The Balaban J connectivity index is 1.26. The van der Waals surface area contributed by atoms with Crippen molar-refractivity contribution in [1.82, 2.24) is 29.7 Å². The fourth-order valence-electron chi connectivity index (χ4n) is 5.71. The number of amides is 2. The molecular formula is C28H34N8O5. The number of hydrogen-bond acceptors (Lipinski definition) is 10. The molecular weight excluding hydrogens is 528 g/mol. The number of rotatable bonds is 8. The van der Waals surface area contributed by atoms with Gasteiger partial charge in [-0.3, -0.25) is 9.59 Å². The standard InChI is InChI=1S/C28H34N8O5/c1-39-21-12-17(13-22(40-2)25(21)41-3)36-15-23(29-16-36)32-28-31-19-8-11-35(27(38)20-6-7-24(37)30-20)14-18(19)26(33-28)34-9-4-5-10-34/h12-13,15-16,20H,4-11,14H2,1-3H3,(H,30,37)(H,31,32,33)/t20-/m0/s1. The molecule has 0 unspecified atom stereocenters. The highest BCUT2D eigenvalue weighted by Gasteiger charge is 2.34. The quantitative estimate of drug-likeness (QED) is 0.421. The van der Waals surface area contributed by atoms with E-state index in [4.69, 9.17) is 24.2 Å². The number of carbonyl (C=O) groups is 2. The zero-order chi connectivity index (χ0) is 28.5. The Morgan fingerprint density at radius 1 is 1.02 bits per heavy atom.